The summed E-state index contributed by atoms with van der Waals surface area (Å²) in [5, 5.41) is 2.85. The number of hydrogen-bond donors (Lipinski definition) is 3. The maximum atomic E-state index is 12.1. The molecule has 2 amide bonds. The van der Waals surface area contributed by atoms with Crippen molar-refractivity contribution in [1.29, 1.82) is 0 Å². The van der Waals surface area contributed by atoms with Crippen molar-refractivity contribution in [3.63, 3.8) is 0 Å². The highest BCUT2D eigenvalue weighted by molar-refractivity contribution is 6.04. The number of hydrogen-bond acceptors (Lipinski definition) is 3. The molecule has 2 aromatic rings. The molecule has 0 radical (unpaired) electrons. The molecule has 0 unspecified atom stereocenters. The van der Waals surface area contributed by atoms with Crippen LogP contribution in [0.2, 0.25) is 0 Å². The fourth-order valence-electron chi connectivity index (χ4n) is 1.81. The molecule has 22 heavy (non-hydrogen) atoms. The Morgan fingerprint density at radius 2 is 1.64 bits per heavy atom. The van der Waals surface area contributed by atoms with Gasteiger partial charge in [0.05, 0.1) is 0 Å². The number of benzene rings is 2. The van der Waals surface area contributed by atoms with Crippen LogP contribution in [0.15, 0.2) is 54.7 Å². The fourth-order valence-corrected chi connectivity index (χ4v) is 1.81. The molecule has 2 aromatic carbocycles. The van der Waals surface area contributed by atoms with Crippen LogP contribution in [0.25, 0.3) is 6.08 Å². The van der Waals surface area contributed by atoms with Gasteiger partial charge in [0.1, 0.15) is 0 Å². The highest BCUT2D eigenvalue weighted by Gasteiger charge is 2.05. The average Bonchev–Trinajstić information content (AvgIpc) is 2.54. The van der Waals surface area contributed by atoms with Gasteiger partial charge in [-0.25, -0.2) is 0 Å². The van der Waals surface area contributed by atoms with Crippen molar-refractivity contribution in [2.45, 2.75) is 6.92 Å². The molecular weight excluding hydrogens is 278 g/mol. The van der Waals surface area contributed by atoms with Gasteiger partial charge >= 0.3 is 0 Å². The van der Waals surface area contributed by atoms with E-state index in [0.717, 1.165) is 16.8 Å². The molecule has 0 saturated carbocycles. The first kappa shape index (κ1) is 15.3. The molecule has 0 heterocycles. The molecular formula is C17H17N3O2. The zero-order valence-corrected chi connectivity index (χ0v) is 12.2. The van der Waals surface area contributed by atoms with E-state index < -0.39 is 0 Å². The van der Waals surface area contributed by atoms with Crippen LogP contribution in [-0.2, 0) is 4.79 Å². The van der Waals surface area contributed by atoms with E-state index >= 15 is 0 Å². The lowest BCUT2D eigenvalue weighted by molar-refractivity contribution is -0.110. The van der Waals surface area contributed by atoms with Gasteiger partial charge in [0.15, 0.2) is 0 Å². The first-order chi connectivity index (χ1) is 10.7. The monoisotopic (exact) mass is 295 g/mol. The summed E-state index contributed by atoms with van der Waals surface area (Å²) >= 11 is 0. The number of carbonyl (C=O) groups excluding carboxylic acids is 2. The number of rotatable bonds is 6. The standard InChI is InChI=1S/C17H17N3O2/c1-13-2-8-16(9-3-13)20-17(22)15-6-4-14(5-7-15)10-11-18-19-12-21/h2-12,18H,1H3,(H,19,21)(H,20,22)/b11-10+. The number of hydrazine groups is 1. The Kier molecular flexibility index (Phi) is 5.31. The quantitative estimate of drug-likeness (QED) is 0.435. The number of amides is 2. The van der Waals surface area contributed by atoms with E-state index in [9.17, 15) is 9.59 Å². The van der Waals surface area contributed by atoms with E-state index in [4.69, 9.17) is 0 Å². The zero-order chi connectivity index (χ0) is 15.8. The van der Waals surface area contributed by atoms with E-state index in [1.165, 1.54) is 0 Å². The largest absolute Gasteiger partial charge is 0.322 e. The van der Waals surface area contributed by atoms with E-state index in [1.807, 2.05) is 43.3 Å². The number of nitrogens with one attached hydrogen (secondary N) is 3. The van der Waals surface area contributed by atoms with Gasteiger partial charge in [0.2, 0.25) is 6.41 Å². The normalized spacial score (nSPS) is 10.2. The second-order valence-electron chi connectivity index (χ2n) is 4.68. The Hall–Kier alpha value is -3.08. The van der Waals surface area contributed by atoms with E-state index in [0.29, 0.717) is 12.0 Å². The van der Waals surface area contributed by atoms with Gasteiger partial charge in [-0.2, -0.15) is 0 Å². The SMILES string of the molecule is Cc1ccc(NC(=O)c2ccc(/C=C/NNC=O)cc2)cc1. The van der Waals surface area contributed by atoms with Crippen LogP contribution in [0, 0.1) is 6.92 Å². The number of anilines is 1. The second kappa shape index (κ2) is 7.64. The first-order valence-corrected chi connectivity index (χ1v) is 6.78. The topological polar surface area (TPSA) is 70.2 Å². The zero-order valence-electron chi connectivity index (χ0n) is 12.2. The Morgan fingerprint density at radius 1 is 0.955 bits per heavy atom. The summed E-state index contributed by atoms with van der Waals surface area (Å²) in [4.78, 5) is 22.2. The van der Waals surface area contributed by atoms with Gasteiger partial charge < -0.3 is 10.7 Å². The van der Waals surface area contributed by atoms with Crippen LogP contribution in [0.3, 0.4) is 0 Å². The predicted octanol–water partition coefficient (Wildman–Crippen LogP) is 2.47. The molecule has 0 aromatic heterocycles. The van der Waals surface area contributed by atoms with Gasteiger partial charge in [-0.15, -0.1) is 0 Å². The van der Waals surface area contributed by atoms with Crippen LogP contribution in [0.5, 0.6) is 0 Å². The highest BCUT2D eigenvalue weighted by Crippen LogP contribution is 2.12. The van der Waals surface area contributed by atoms with Gasteiger partial charge in [-0.05, 0) is 42.8 Å². The molecule has 5 heteroatoms. The lowest BCUT2D eigenvalue weighted by atomic mass is 10.1. The summed E-state index contributed by atoms with van der Waals surface area (Å²) in [5.74, 6) is -0.153. The van der Waals surface area contributed by atoms with Crippen molar-refractivity contribution in [1.82, 2.24) is 10.9 Å². The van der Waals surface area contributed by atoms with Crippen molar-refractivity contribution in [3.05, 3.63) is 71.4 Å². The third-order valence-electron chi connectivity index (χ3n) is 2.98. The van der Waals surface area contributed by atoms with Crippen LogP contribution in [0.4, 0.5) is 5.69 Å². The molecule has 0 aliphatic heterocycles. The summed E-state index contributed by atoms with van der Waals surface area (Å²) in [7, 11) is 0. The molecule has 0 aliphatic carbocycles. The summed E-state index contributed by atoms with van der Waals surface area (Å²) < 4.78 is 0. The lowest BCUT2D eigenvalue weighted by Crippen LogP contribution is -2.24. The van der Waals surface area contributed by atoms with Crippen molar-refractivity contribution in [2.75, 3.05) is 5.32 Å². The minimum atomic E-state index is -0.153. The molecule has 3 N–H and O–H groups in total. The smallest absolute Gasteiger partial charge is 0.255 e. The first-order valence-electron chi connectivity index (χ1n) is 6.78. The van der Waals surface area contributed by atoms with Gasteiger partial charge in [0.25, 0.3) is 5.91 Å². The van der Waals surface area contributed by atoms with Crippen LogP contribution in [-0.4, -0.2) is 12.3 Å². The third-order valence-corrected chi connectivity index (χ3v) is 2.98. The molecule has 112 valence electrons. The molecule has 0 aliphatic rings. The molecule has 2 rings (SSSR count). The van der Waals surface area contributed by atoms with Gasteiger partial charge in [0, 0.05) is 17.5 Å². The lowest BCUT2D eigenvalue weighted by Gasteiger charge is -2.06. The summed E-state index contributed by atoms with van der Waals surface area (Å²) in [6, 6.07) is 14.8. The van der Waals surface area contributed by atoms with E-state index in [2.05, 4.69) is 16.2 Å². The molecule has 0 saturated heterocycles. The highest BCUT2D eigenvalue weighted by atomic mass is 16.1. The van der Waals surface area contributed by atoms with E-state index in [1.54, 1.807) is 24.4 Å². The molecule has 0 atom stereocenters. The van der Waals surface area contributed by atoms with Crippen molar-refractivity contribution in [2.24, 2.45) is 0 Å². The summed E-state index contributed by atoms with van der Waals surface area (Å²) in [6.07, 6.45) is 3.91. The van der Waals surface area contributed by atoms with Crippen LogP contribution in [0.1, 0.15) is 21.5 Å². The van der Waals surface area contributed by atoms with Gasteiger partial charge in [-0.1, -0.05) is 29.8 Å². The van der Waals surface area contributed by atoms with Crippen molar-refractivity contribution in [3.8, 4) is 0 Å². The minimum absolute atomic E-state index is 0.153. The number of carbonyl (C=O) groups is 2. The second-order valence-corrected chi connectivity index (χ2v) is 4.68. The maximum Gasteiger partial charge on any atom is 0.255 e. The van der Waals surface area contributed by atoms with Crippen LogP contribution < -0.4 is 16.2 Å². The fraction of sp³-hybridized carbons (Fsp3) is 0.0588. The third kappa shape index (κ3) is 4.49. The van der Waals surface area contributed by atoms with Crippen LogP contribution >= 0.6 is 0 Å². The Balaban J connectivity index is 1.97. The summed E-state index contributed by atoms with van der Waals surface area (Å²) in [5.41, 5.74) is 8.28. The number of aryl methyl sites for hydroxylation is 1. The van der Waals surface area contributed by atoms with Crippen molar-refractivity contribution < 1.29 is 9.59 Å². The molecule has 0 fully saturated rings. The average molecular weight is 295 g/mol. The van der Waals surface area contributed by atoms with Crippen molar-refractivity contribution >= 4 is 24.1 Å². The predicted molar refractivity (Wildman–Crippen MR) is 86.9 cm³/mol. The van der Waals surface area contributed by atoms with Gasteiger partial charge in [-0.3, -0.25) is 15.0 Å². The summed E-state index contributed by atoms with van der Waals surface area (Å²) in [6.45, 7) is 2.00. The Labute approximate surface area is 129 Å². The maximum absolute atomic E-state index is 12.1. The Morgan fingerprint density at radius 3 is 2.27 bits per heavy atom. The minimum Gasteiger partial charge on any atom is -0.322 e. The molecule has 5 nitrogen and oxygen atoms in total. The molecule has 0 spiro atoms. The molecule has 0 bridgehead atoms. The van der Waals surface area contributed by atoms with E-state index in [-0.39, 0.29) is 5.91 Å². The Bertz CT molecular complexity index is 661.